The van der Waals surface area contributed by atoms with Gasteiger partial charge in [-0.3, -0.25) is 0 Å². The first kappa shape index (κ1) is 14.1. The van der Waals surface area contributed by atoms with Crippen LogP contribution < -0.4 is 5.32 Å². The normalized spacial score (nSPS) is 12.2. The van der Waals surface area contributed by atoms with Gasteiger partial charge in [0.25, 0.3) is 0 Å². The van der Waals surface area contributed by atoms with E-state index in [2.05, 4.69) is 24.1 Å². The zero-order valence-electron chi connectivity index (χ0n) is 10.8. The number of benzene rings is 1. The Bertz CT molecular complexity index is 376. The SMILES string of the molecule is CN(C)C(C)(C)CNCc1cccc(F)c1F. The van der Waals surface area contributed by atoms with Crippen LogP contribution in [0.15, 0.2) is 18.2 Å². The average Bonchev–Trinajstić information content (AvgIpc) is 2.24. The summed E-state index contributed by atoms with van der Waals surface area (Å²) in [6.07, 6.45) is 0. The van der Waals surface area contributed by atoms with Crippen molar-refractivity contribution in [2.24, 2.45) is 0 Å². The van der Waals surface area contributed by atoms with Crippen molar-refractivity contribution in [3.8, 4) is 0 Å². The highest BCUT2D eigenvalue weighted by atomic mass is 19.2. The fourth-order valence-electron chi connectivity index (χ4n) is 1.35. The van der Waals surface area contributed by atoms with E-state index >= 15 is 0 Å². The van der Waals surface area contributed by atoms with E-state index in [0.717, 1.165) is 6.07 Å². The molecule has 0 heterocycles. The molecular weight excluding hydrogens is 222 g/mol. The number of halogens is 2. The van der Waals surface area contributed by atoms with Crippen LogP contribution in [0.5, 0.6) is 0 Å². The molecule has 0 bridgehead atoms. The van der Waals surface area contributed by atoms with Crippen LogP contribution in [0.1, 0.15) is 19.4 Å². The van der Waals surface area contributed by atoms with Crippen molar-refractivity contribution in [2.45, 2.75) is 25.9 Å². The van der Waals surface area contributed by atoms with Crippen molar-refractivity contribution in [1.29, 1.82) is 0 Å². The van der Waals surface area contributed by atoms with Gasteiger partial charge in [-0.25, -0.2) is 8.78 Å². The second-order valence-electron chi connectivity index (χ2n) is 5.02. The van der Waals surface area contributed by atoms with Gasteiger partial charge in [0.05, 0.1) is 0 Å². The maximum absolute atomic E-state index is 13.4. The summed E-state index contributed by atoms with van der Waals surface area (Å²) in [5, 5.41) is 3.14. The zero-order valence-corrected chi connectivity index (χ0v) is 10.8. The minimum atomic E-state index is -0.795. The van der Waals surface area contributed by atoms with E-state index in [4.69, 9.17) is 0 Å². The minimum absolute atomic E-state index is 0.0240. The molecule has 4 heteroatoms. The summed E-state index contributed by atoms with van der Waals surface area (Å²) in [5.74, 6) is -1.56. The standard InChI is InChI=1S/C13H20F2N2/c1-13(2,17(3)4)9-16-8-10-6-5-7-11(14)12(10)15/h5-7,16H,8-9H2,1-4H3. The molecule has 1 N–H and O–H groups in total. The number of likely N-dealkylation sites (N-methyl/N-ethyl adjacent to an activating group) is 1. The smallest absolute Gasteiger partial charge is 0.163 e. The second kappa shape index (κ2) is 5.56. The molecule has 96 valence electrons. The van der Waals surface area contributed by atoms with Gasteiger partial charge in [-0.1, -0.05) is 12.1 Å². The minimum Gasteiger partial charge on any atom is -0.311 e. The first-order chi connectivity index (χ1) is 7.84. The molecule has 2 nitrogen and oxygen atoms in total. The Balaban J connectivity index is 2.55. The van der Waals surface area contributed by atoms with Crippen molar-refractivity contribution >= 4 is 0 Å². The number of hydrogen-bond acceptors (Lipinski definition) is 2. The highest BCUT2D eigenvalue weighted by molar-refractivity contribution is 5.18. The highest BCUT2D eigenvalue weighted by Gasteiger charge is 2.19. The fraction of sp³-hybridized carbons (Fsp3) is 0.538. The van der Waals surface area contributed by atoms with Gasteiger partial charge in [-0.05, 0) is 34.0 Å². The monoisotopic (exact) mass is 242 g/mol. The van der Waals surface area contributed by atoms with E-state index in [0.29, 0.717) is 18.7 Å². The van der Waals surface area contributed by atoms with Crippen LogP contribution in [0, 0.1) is 11.6 Å². The van der Waals surface area contributed by atoms with Crippen LogP contribution in [0.4, 0.5) is 8.78 Å². The molecule has 0 aliphatic heterocycles. The summed E-state index contributed by atoms with van der Waals surface area (Å²) >= 11 is 0. The molecule has 0 radical (unpaired) electrons. The molecule has 0 saturated carbocycles. The third-order valence-electron chi connectivity index (χ3n) is 3.12. The molecular formula is C13H20F2N2. The Morgan fingerprint density at radius 2 is 1.88 bits per heavy atom. The number of nitrogens with one attached hydrogen (secondary N) is 1. The first-order valence-corrected chi connectivity index (χ1v) is 5.65. The third kappa shape index (κ3) is 3.75. The van der Waals surface area contributed by atoms with Crippen LogP contribution in [0.25, 0.3) is 0 Å². The van der Waals surface area contributed by atoms with Gasteiger partial charge >= 0.3 is 0 Å². The molecule has 0 aliphatic rings. The maximum atomic E-state index is 13.4. The summed E-state index contributed by atoms with van der Waals surface area (Å²) in [4.78, 5) is 2.09. The summed E-state index contributed by atoms with van der Waals surface area (Å²) in [5.41, 5.74) is 0.337. The topological polar surface area (TPSA) is 15.3 Å². The van der Waals surface area contributed by atoms with Crippen LogP contribution in [-0.2, 0) is 6.54 Å². The van der Waals surface area contributed by atoms with Crippen LogP contribution in [-0.4, -0.2) is 31.1 Å². The second-order valence-corrected chi connectivity index (χ2v) is 5.02. The van der Waals surface area contributed by atoms with E-state index in [9.17, 15) is 8.78 Å². The van der Waals surface area contributed by atoms with Crippen molar-refractivity contribution < 1.29 is 8.78 Å². The van der Waals surface area contributed by atoms with E-state index < -0.39 is 11.6 Å². The summed E-state index contributed by atoms with van der Waals surface area (Å²) < 4.78 is 26.3. The molecule has 0 spiro atoms. The number of nitrogens with zero attached hydrogens (tertiary/aromatic N) is 1. The zero-order chi connectivity index (χ0) is 13.1. The third-order valence-corrected chi connectivity index (χ3v) is 3.12. The molecule has 0 amide bonds. The predicted molar refractivity (Wildman–Crippen MR) is 65.8 cm³/mol. The fourth-order valence-corrected chi connectivity index (χ4v) is 1.35. The Hall–Kier alpha value is -1.00. The van der Waals surface area contributed by atoms with E-state index in [-0.39, 0.29) is 5.54 Å². The lowest BCUT2D eigenvalue weighted by atomic mass is 10.0. The highest BCUT2D eigenvalue weighted by Crippen LogP contribution is 2.12. The molecule has 0 fully saturated rings. The van der Waals surface area contributed by atoms with Gasteiger partial charge in [0.1, 0.15) is 0 Å². The molecule has 1 aromatic rings. The van der Waals surface area contributed by atoms with Crippen molar-refractivity contribution in [3.63, 3.8) is 0 Å². The molecule has 0 unspecified atom stereocenters. The molecule has 1 rings (SSSR count). The number of rotatable bonds is 5. The molecule has 1 aromatic carbocycles. The summed E-state index contributed by atoms with van der Waals surface area (Å²) in [7, 11) is 3.98. The van der Waals surface area contributed by atoms with Crippen LogP contribution in [0.2, 0.25) is 0 Å². The molecule has 0 atom stereocenters. The molecule has 0 aliphatic carbocycles. The Morgan fingerprint density at radius 3 is 2.47 bits per heavy atom. The lowest BCUT2D eigenvalue weighted by Crippen LogP contribution is -2.46. The Morgan fingerprint density at radius 1 is 1.24 bits per heavy atom. The lowest BCUT2D eigenvalue weighted by Gasteiger charge is -2.32. The van der Waals surface area contributed by atoms with Gasteiger partial charge in [0.15, 0.2) is 11.6 Å². The molecule has 0 aromatic heterocycles. The van der Waals surface area contributed by atoms with E-state index in [1.807, 2.05) is 14.1 Å². The Kier molecular flexibility index (Phi) is 4.60. The predicted octanol–water partition coefficient (Wildman–Crippen LogP) is 2.39. The summed E-state index contributed by atoms with van der Waals surface area (Å²) in [6, 6.07) is 4.24. The van der Waals surface area contributed by atoms with Gasteiger partial charge < -0.3 is 10.2 Å². The van der Waals surface area contributed by atoms with Gasteiger partial charge in [0, 0.05) is 24.2 Å². The Labute approximate surface area is 102 Å². The van der Waals surface area contributed by atoms with E-state index in [1.54, 1.807) is 6.07 Å². The average molecular weight is 242 g/mol. The van der Waals surface area contributed by atoms with Crippen LogP contribution >= 0.6 is 0 Å². The maximum Gasteiger partial charge on any atom is 0.163 e. The van der Waals surface area contributed by atoms with Crippen molar-refractivity contribution in [3.05, 3.63) is 35.4 Å². The quantitative estimate of drug-likeness (QED) is 0.853. The first-order valence-electron chi connectivity index (χ1n) is 5.65. The van der Waals surface area contributed by atoms with Crippen molar-refractivity contribution in [2.75, 3.05) is 20.6 Å². The van der Waals surface area contributed by atoms with E-state index in [1.165, 1.54) is 6.07 Å². The molecule has 17 heavy (non-hydrogen) atoms. The molecule has 0 saturated heterocycles. The van der Waals surface area contributed by atoms with Gasteiger partial charge in [-0.15, -0.1) is 0 Å². The number of hydrogen-bond donors (Lipinski definition) is 1. The van der Waals surface area contributed by atoms with Gasteiger partial charge in [0.2, 0.25) is 0 Å². The lowest BCUT2D eigenvalue weighted by molar-refractivity contribution is 0.189. The largest absolute Gasteiger partial charge is 0.311 e. The van der Waals surface area contributed by atoms with Gasteiger partial charge in [-0.2, -0.15) is 0 Å². The van der Waals surface area contributed by atoms with Crippen molar-refractivity contribution in [1.82, 2.24) is 10.2 Å². The summed E-state index contributed by atoms with van der Waals surface area (Å²) in [6.45, 7) is 5.21. The van der Waals surface area contributed by atoms with Crippen LogP contribution in [0.3, 0.4) is 0 Å².